The van der Waals surface area contributed by atoms with Gasteiger partial charge in [-0.15, -0.1) is 0 Å². The molecule has 0 rings (SSSR count). The van der Waals surface area contributed by atoms with E-state index in [2.05, 4.69) is 16.4 Å². The number of esters is 2. The van der Waals surface area contributed by atoms with Gasteiger partial charge in [-0.05, 0) is 12.3 Å². The highest BCUT2D eigenvalue weighted by Gasteiger charge is 2.08. The minimum Gasteiger partial charge on any atom is -0.469 e. The molecule has 0 aromatic rings. The molecule has 4 heteroatoms. The summed E-state index contributed by atoms with van der Waals surface area (Å²) in [5.74, 6) is 0.252. The van der Waals surface area contributed by atoms with Crippen molar-refractivity contribution in [1.82, 2.24) is 0 Å². The Labute approximate surface area is 142 Å². The van der Waals surface area contributed by atoms with Gasteiger partial charge in [0.25, 0.3) is 0 Å². The number of ether oxygens (including phenoxy) is 2. The standard InChI is InChI=1S/C19H36O4/c1-17(16-19(21)23-3)14-12-10-8-6-4-5-7-9-11-13-15-18(20)22-2/h17H,4-16H2,1-3H3/t17-/m1/s1. The molecular weight excluding hydrogens is 292 g/mol. The van der Waals surface area contributed by atoms with Crippen LogP contribution in [-0.4, -0.2) is 26.2 Å². The van der Waals surface area contributed by atoms with Crippen molar-refractivity contribution in [2.24, 2.45) is 5.92 Å². The summed E-state index contributed by atoms with van der Waals surface area (Å²) in [6, 6.07) is 0. The minimum absolute atomic E-state index is 0.0918. The monoisotopic (exact) mass is 328 g/mol. The molecule has 1 atom stereocenters. The van der Waals surface area contributed by atoms with Crippen LogP contribution >= 0.6 is 0 Å². The van der Waals surface area contributed by atoms with Crippen LogP contribution in [0.15, 0.2) is 0 Å². The smallest absolute Gasteiger partial charge is 0.305 e. The van der Waals surface area contributed by atoms with Crippen LogP contribution < -0.4 is 0 Å². The third-order valence-electron chi connectivity index (χ3n) is 4.30. The molecule has 0 aliphatic rings. The molecule has 0 aromatic heterocycles. The number of unbranched alkanes of at least 4 members (excludes halogenated alkanes) is 9. The summed E-state index contributed by atoms with van der Waals surface area (Å²) >= 11 is 0. The fourth-order valence-corrected chi connectivity index (χ4v) is 2.75. The topological polar surface area (TPSA) is 52.6 Å². The highest BCUT2D eigenvalue weighted by Crippen LogP contribution is 2.16. The number of carbonyl (C=O) groups is 2. The third-order valence-corrected chi connectivity index (χ3v) is 4.30. The first-order chi connectivity index (χ1) is 11.1. The van der Waals surface area contributed by atoms with Gasteiger partial charge in [-0.25, -0.2) is 0 Å². The van der Waals surface area contributed by atoms with Gasteiger partial charge in [-0.2, -0.15) is 0 Å². The number of methoxy groups -OCH3 is 2. The summed E-state index contributed by atoms with van der Waals surface area (Å²) < 4.78 is 9.30. The molecule has 0 unspecified atom stereocenters. The average Bonchev–Trinajstić information content (AvgIpc) is 2.55. The Morgan fingerprint density at radius 3 is 1.61 bits per heavy atom. The highest BCUT2D eigenvalue weighted by molar-refractivity contribution is 5.69. The molecule has 0 amide bonds. The van der Waals surface area contributed by atoms with Gasteiger partial charge < -0.3 is 9.47 Å². The first-order valence-electron chi connectivity index (χ1n) is 9.23. The Morgan fingerprint density at radius 1 is 0.696 bits per heavy atom. The largest absolute Gasteiger partial charge is 0.469 e. The van der Waals surface area contributed by atoms with E-state index in [1.165, 1.54) is 65.6 Å². The van der Waals surface area contributed by atoms with Crippen LogP contribution in [0.5, 0.6) is 0 Å². The lowest BCUT2D eigenvalue weighted by Gasteiger charge is -2.09. The van der Waals surface area contributed by atoms with E-state index >= 15 is 0 Å². The Bertz CT molecular complexity index is 302. The maximum absolute atomic E-state index is 11.1. The molecule has 0 saturated heterocycles. The van der Waals surface area contributed by atoms with Crippen molar-refractivity contribution in [3.05, 3.63) is 0 Å². The second kappa shape index (κ2) is 15.8. The van der Waals surface area contributed by atoms with Gasteiger partial charge >= 0.3 is 11.9 Å². The first-order valence-corrected chi connectivity index (χ1v) is 9.23. The summed E-state index contributed by atoms with van der Waals surface area (Å²) in [5.41, 5.74) is 0. The molecule has 0 saturated carbocycles. The zero-order valence-corrected chi connectivity index (χ0v) is 15.4. The van der Waals surface area contributed by atoms with E-state index in [1.54, 1.807) is 0 Å². The summed E-state index contributed by atoms with van der Waals surface area (Å²) in [7, 11) is 2.90. The molecular formula is C19H36O4. The molecule has 0 aliphatic heterocycles. The van der Waals surface area contributed by atoms with E-state index in [-0.39, 0.29) is 11.9 Å². The van der Waals surface area contributed by atoms with Gasteiger partial charge in [0.05, 0.1) is 14.2 Å². The number of hydrogen-bond donors (Lipinski definition) is 0. The summed E-state index contributed by atoms with van der Waals surface area (Å²) in [4.78, 5) is 22.1. The quantitative estimate of drug-likeness (QED) is 0.312. The number of hydrogen-bond acceptors (Lipinski definition) is 4. The molecule has 136 valence electrons. The van der Waals surface area contributed by atoms with Gasteiger partial charge in [0.15, 0.2) is 0 Å². The van der Waals surface area contributed by atoms with Crippen LogP contribution in [0.25, 0.3) is 0 Å². The van der Waals surface area contributed by atoms with Gasteiger partial charge in [-0.1, -0.05) is 71.1 Å². The Hall–Kier alpha value is -1.06. The van der Waals surface area contributed by atoms with Crippen LogP contribution in [0.1, 0.15) is 90.4 Å². The fourth-order valence-electron chi connectivity index (χ4n) is 2.75. The maximum Gasteiger partial charge on any atom is 0.305 e. The molecule has 0 heterocycles. The van der Waals surface area contributed by atoms with Crippen molar-refractivity contribution in [3.63, 3.8) is 0 Å². The lowest BCUT2D eigenvalue weighted by Crippen LogP contribution is -2.06. The van der Waals surface area contributed by atoms with Crippen molar-refractivity contribution in [2.75, 3.05) is 14.2 Å². The van der Waals surface area contributed by atoms with Gasteiger partial charge in [0, 0.05) is 12.8 Å². The van der Waals surface area contributed by atoms with E-state index in [0.717, 1.165) is 19.3 Å². The zero-order valence-electron chi connectivity index (χ0n) is 15.4. The van der Waals surface area contributed by atoms with Crippen molar-refractivity contribution in [3.8, 4) is 0 Å². The third kappa shape index (κ3) is 15.6. The Balaban J connectivity index is 3.19. The van der Waals surface area contributed by atoms with Crippen molar-refractivity contribution in [1.29, 1.82) is 0 Å². The molecule has 0 aromatic carbocycles. The molecule has 0 spiro atoms. The first kappa shape index (κ1) is 21.9. The maximum atomic E-state index is 11.1. The van der Waals surface area contributed by atoms with Gasteiger partial charge in [0.1, 0.15) is 0 Å². The van der Waals surface area contributed by atoms with Gasteiger partial charge in [-0.3, -0.25) is 9.59 Å². The van der Waals surface area contributed by atoms with Crippen LogP contribution in [-0.2, 0) is 19.1 Å². The van der Waals surface area contributed by atoms with E-state index in [0.29, 0.717) is 18.8 Å². The van der Waals surface area contributed by atoms with Crippen molar-refractivity contribution in [2.45, 2.75) is 90.4 Å². The average molecular weight is 328 g/mol. The van der Waals surface area contributed by atoms with Crippen molar-refractivity contribution >= 4 is 11.9 Å². The molecule has 0 N–H and O–H groups in total. The van der Waals surface area contributed by atoms with E-state index < -0.39 is 0 Å². The summed E-state index contributed by atoms with van der Waals surface area (Å²) in [6.45, 7) is 2.12. The minimum atomic E-state index is -0.0934. The van der Waals surface area contributed by atoms with Crippen LogP contribution in [0, 0.1) is 5.92 Å². The second-order valence-corrected chi connectivity index (χ2v) is 6.54. The fraction of sp³-hybridized carbons (Fsp3) is 0.895. The molecule has 0 radical (unpaired) electrons. The molecule has 23 heavy (non-hydrogen) atoms. The van der Waals surface area contributed by atoms with Crippen molar-refractivity contribution < 1.29 is 19.1 Å². The highest BCUT2D eigenvalue weighted by atomic mass is 16.5. The predicted octanol–water partition coefficient (Wildman–Crippen LogP) is 5.04. The lowest BCUT2D eigenvalue weighted by molar-refractivity contribution is -0.142. The normalized spacial score (nSPS) is 12.0. The Morgan fingerprint density at radius 2 is 1.13 bits per heavy atom. The van der Waals surface area contributed by atoms with Crippen LogP contribution in [0.2, 0.25) is 0 Å². The summed E-state index contributed by atoms with van der Waals surface area (Å²) in [5, 5.41) is 0. The lowest BCUT2D eigenvalue weighted by atomic mass is 9.99. The molecule has 0 aliphatic carbocycles. The number of rotatable bonds is 15. The molecule has 0 bridgehead atoms. The molecule has 0 fully saturated rings. The van der Waals surface area contributed by atoms with E-state index in [9.17, 15) is 9.59 Å². The SMILES string of the molecule is COC(=O)CCCCCCCCCCCC[C@@H](C)CC(=O)OC. The van der Waals surface area contributed by atoms with E-state index in [1.807, 2.05) is 0 Å². The number of carbonyl (C=O) groups excluding carboxylic acids is 2. The summed E-state index contributed by atoms with van der Waals surface area (Å²) in [6.07, 6.45) is 14.5. The van der Waals surface area contributed by atoms with Crippen LogP contribution in [0.3, 0.4) is 0 Å². The molecule has 4 nitrogen and oxygen atoms in total. The van der Waals surface area contributed by atoms with Crippen LogP contribution in [0.4, 0.5) is 0 Å². The zero-order chi connectivity index (χ0) is 17.3. The predicted molar refractivity (Wildman–Crippen MR) is 93.2 cm³/mol. The van der Waals surface area contributed by atoms with Gasteiger partial charge in [0.2, 0.25) is 0 Å². The van der Waals surface area contributed by atoms with E-state index in [4.69, 9.17) is 0 Å². The Kier molecular flexibility index (Phi) is 15.1. The second-order valence-electron chi connectivity index (χ2n) is 6.54.